The summed E-state index contributed by atoms with van der Waals surface area (Å²) < 4.78 is 0. The zero-order chi connectivity index (χ0) is 47.1. The minimum Gasteiger partial charge on any atom is -0.310 e. The molecule has 10 aromatic carbocycles. The van der Waals surface area contributed by atoms with E-state index in [0.29, 0.717) is 6.42 Å². The van der Waals surface area contributed by atoms with Gasteiger partial charge in [0.1, 0.15) is 0 Å². The van der Waals surface area contributed by atoms with Gasteiger partial charge in [0.2, 0.25) is 0 Å². The van der Waals surface area contributed by atoms with E-state index in [1.807, 2.05) is 0 Å². The predicted octanol–water partition coefficient (Wildman–Crippen LogP) is 18.4. The number of para-hydroxylation sites is 8. The van der Waals surface area contributed by atoms with Crippen LogP contribution < -0.4 is 19.6 Å². The van der Waals surface area contributed by atoms with Gasteiger partial charge < -0.3 is 19.6 Å². The monoisotopic (exact) mass is 892 g/mol. The lowest BCUT2D eigenvalue weighted by Crippen LogP contribution is -2.16. The maximum absolute atomic E-state index is 2.41. The van der Waals surface area contributed by atoms with Crippen LogP contribution >= 0.6 is 0 Å². The summed E-state index contributed by atoms with van der Waals surface area (Å²) in [5.41, 5.74) is 20.3. The van der Waals surface area contributed by atoms with Crippen LogP contribution in [-0.4, -0.2) is 0 Å². The Hall–Kier alpha value is -8.60. The SMILES string of the molecule is Cc1ccccc1N(c1ccccc1)c1cc(Cc2cc(N(c3ccccc3)c3ccccc3C)cc(N(c3ccccc3)c3ccccc3C)c2)cc(N(c2ccccc2)c2ccccc2C)c1. The van der Waals surface area contributed by atoms with Crippen LogP contribution in [0.5, 0.6) is 0 Å². The normalized spacial score (nSPS) is 11.0. The summed E-state index contributed by atoms with van der Waals surface area (Å²) >= 11 is 0. The summed E-state index contributed by atoms with van der Waals surface area (Å²) in [6.45, 7) is 8.80. The molecule has 0 aliphatic heterocycles. The Labute approximate surface area is 408 Å². The van der Waals surface area contributed by atoms with Gasteiger partial charge >= 0.3 is 0 Å². The predicted molar refractivity (Wildman–Crippen MR) is 293 cm³/mol. The third-order valence-corrected chi connectivity index (χ3v) is 12.8. The molecule has 0 atom stereocenters. The minimum absolute atomic E-state index is 0.654. The lowest BCUT2D eigenvalue weighted by molar-refractivity contribution is 1.14. The van der Waals surface area contributed by atoms with Crippen molar-refractivity contribution < 1.29 is 0 Å². The second kappa shape index (κ2) is 20.1. The summed E-state index contributed by atoms with van der Waals surface area (Å²) in [5, 5.41) is 0. The molecule has 0 unspecified atom stereocenters. The van der Waals surface area contributed by atoms with E-state index in [9.17, 15) is 0 Å². The van der Waals surface area contributed by atoms with Crippen LogP contribution in [0.15, 0.2) is 255 Å². The van der Waals surface area contributed by atoms with Crippen molar-refractivity contribution in [2.75, 3.05) is 19.6 Å². The molecular weight excluding hydrogens is 837 g/mol. The zero-order valence-corrected chi connectivity index (χ0v) is 39.7. The molecule has 10 rings (SSSR count). The molecule has 0 aliphatic rings. The molecule has 4 nitrogen and oxygen atoms in total. The molecule has 0 fully saturated rings. The maximum Gasteiger partial charge on any atom is 0.0490 e. The molecule has 0 heterocycles. The topological polar surface area (TPSA) is 13.0 Å². The fraction of sp³-hybridized carbons (Fsp3) is 0.0769. The number of hydrogen-bond acceptors (Lipinski definition) is 4. The van der Waals surface area contributed by atoms with Crippen LogP contribution in [0.25, 0.3) is 0 Å². The lowest BCUT2D eigenvalue weighted by atomic mass is 9.99. The number of aryl methyl sites for hydroxylation is 4. The van der Waals surface area contributed by atoms with E-state index in [1.165, 1.54) is 33.4 Å². The molecule has 0 aliphatic carbocycles. The average Bonchev–Trinajstić information content (AvgIpc) is 3.38. The summed E-state index contributed by atoms with van der Waals surface area (Å²) in [6, 6.07) is 92.1. The average molecular weight is 893 g/mol. The largest absolute Gasteiger partial charge is 0.310 e. The smallest absolute Gasteiger partial charge is 0.0490 e. The third-order valence-electron chi connectivity index (χ3n) is 12.8. The Kier molecular flexibility index (Phi) is 12.9. The van der Waals surface area contributed by atoms with E-state index in [-0.39, 0.29) is 0 Å². The molecule has 0 N–H and O–H groups in total. The number of benzene rings is 10. The first-order valence-electron chi connectivity index (χ1n) is 23.8. The van der Waals surface area contributed by atoms with Crippen molar-refractivity contribution in [2.24, 2.45) is 0 Å². The van der Waals surface area contributed by atoms with Gasteiger partial charge in [0.25, 0.3) is 0 Å². The van der Waals surface area contributed by atoms with Gasteiger partial charge in [0.15, 0.2) is 0 Å². The number of hydrogen-bond donors (Lipinski definition) is 0. The molecule has 0 spiro atoms. The Morgan fingerprint density at radius 3 is 0.638 bits per heavy atom. The van der Waals surface area contributed by atoms with Crippen molar-refractivity contribution in [3.05, 3.63) is 288 Å². The van der Waals surface area contributed by atoms with Crippen LogP contribution in [0.1, 0.15) is 33.4 Å². The third kappa shape index (κ3) is 9.52. The van der Waals surface area contributed by atoms with E-state index in [2.05, 4.69) is 302 Å². The van der Waals surface area contributed by atoms with E-state index < -0.39 is 0 Å². The second-order valence-corrected chi connectivity index (χ2v) is 17.7. The van der Waals surface area contributed by atoms with Crippen molar-refractivity contribution in [2.45, 2.75) is 34.1 Å². The summed E-state index contributed by atoms with van der Waals surface area (Å²) in [6.07, 6.45) is 0.654. The highest BCUT2D eigenvalue weighted by molar-refractivity contribution is 5.87. The van der Waals surface area contributed by atoms with Gasteiger partial charge in [-0.3, -0.25) is 0 Å². The van der Waals surface area contributed by atoms with Gasteiger partial charge in [-0.05, 0) is 177 Å². The van der Waals surface area contributed by atoms with E-state index in [1.54, 1.807) is 0 Å². The van der Waals surface area contributed by atoms with E-state index in [0.717, 1.165) is 68.2 Å². The minimum atomic E-state index is 0.654. The molecule has 0 saturated carbocycles. The van der Waals surface area contributed by atoms with Gasteiger partial charge in [-0.2, -0.15) is 0 Å². The van der Waals surface area contributed by atoms with Crippen molar-refractivity contribution in [1.29, 1.82) is 0 Å². The number of nitrogens with zero attached hydrogens (tertiary/aromatic N) is 4. The van der Waals surface area contributed by atoms with Crippen molar-refractivity contribution in [3.63, 3.8) is 0 Å². The Bertz CT molecular complexity index is 2880. The van der Waals surface area contributed by atoms with Crippen LogP contribution in [0.4, 0.5) is 68.2 Å². The van der Waals surface area contributed by atoms with Crippen LogP contribution in [0.3, 0.4) is 0 Å². The number of rotatable bonds is 14. The highest BCUT2D eigenvalue weighted by Crippen LogP contribution is 2.46. The molecule has 4 heteroatoms. The zero-order valence-electron chi connectivity index (χ0n) is 39.7. The molecule has 0 radical (unpaired) electrons. The molecule has 10 aromatic rings. The van der Waals surface area contributed by atoms with Gasteiger partial charge in [-0.15, -0.1) is 0 Å². The Morgan fingerprint density at radius 2 is 0.420 bits per heavy atom. The molecule has 0 amide bonds. The van der Waals surface area contributed by atoms with Gasteiger partial charge in [0, 0.05) is 68.2 Å². The molecule has 0 saturated heterocycles. The first-order valence-corrected chi connectivity index (χ1v) is 23.8. The van der Waals surface area contributed by atoms with Crippen molar-refractivity contribution >= 4 is 68.2 Å². The molecule has 336 valence electrons. The van der Waals surface area contributed by atoms with Crippen LogP contribution in [-0.2, 0) is 6.42 Å². The molecule has 69 heavy (non-hydrogen) atoms. The first-order chi connectivity index (χ1) is 33.9. The van der Waals surface area contributed by atoms with Gasteiger partial charge in [0.05, 0.1) is 0 Å². The standard InChI is InChI=1S/C65H56N4/c1-48-25-17-21-37-62(48)66(54-29-9-5-10-30-54)58-42-52(43-59(46-58)67(55-31-11-6-12-32-55)63-38-22-18-26-49(63)2)41-53-44-60(68(56-33-13-7-14-34-56)64-39-23-19-27-50(64)3)47-61(45-53)69(57-35-15-8-16-36-57)65-40-24-20-28-51(65)4/h5-40,42-47H,41H2,1-4H3. The highest BCUT2D eigenvalue weighted by Gasteiger charge is 2.23. The number of anilines is 12. The van der Waals surface area contributed by atoms with Crippen LogP contribution in [0, 0.1) is 27.7 Å². The maximum atomic E-state index is 2.41. The van der Waals surface area contributed by atoms with Gasteiger partial charge in [-0.25, -0.2) is 0 Å². The summed E-state index contributed by atoms with van der Waals surface area (Å²) in [5.74, 6) is 0. The summed E-state index contributed by atoms with van der Waals surface area (Å²) in [7, 11) is 0. The van der Waals surface area contributed by atoms with E-state index >= 15 is 0 Å². The van der Waals surface area contributed by atoms with Crippen LogP contribution in [0.2, 0.25) is 0 Å². The molecule has 0 bridgehead atoms. The van der Waals surface area contributed by atoms with Crippen molar-refractivity contribution in [3.8, 4) is 0 Å². The quantitative estimate of drug-likeness (QED) is 0.108. The van der Waals surface area contributed by atoms with Gasteiger partial charge in [-0.1, -0.05) is 146 Å². The molecule has 0 aromatic heterocycles. The Balaban J connectivity index is 1.24. The first kappa shape index (κ1) is 44.2. The summed E-state index contributed by atoms with van der Waals surface area (Å²) in [4.78, 5) is 9.65. The van der Waals surface area contributed by atoms with Crippen molar-refractivity contribution in [1.82, 2.24) is 0 Å². The fourth-order valence-corrected chi connectivity index (χ4v) is 9.54. The fourth-order valence-electron chi connectivity index (χ4n) is 9.54. The Morgan fingerprint density at radius 1 is 0.217 bits per heavy atom. The molecular formula is C65H56N4. The lowest BCUT2D eigenvalue weighted by Gasteiger charge is -2.32. The highest BCUT2D eigenvalue weighted by atomic mass is 15.2. The van der Waals surface area contributed by atoms with E-state index in [4.69, 9.17) is 0 Å². The second-order valence-electron chi connectivity index (χ2n) is 17.7.